The highest BCUT2D eigenvalue weighted by Gasteiger charge is 2.29. The highest BCUT2D eigenvalue weighted by atomic mass is 16.5. The monoisotopic (exact) mass is 315 g/mol. The molecule has 1 aliphatic rings. The minimum absolute atomic E-state index is 0.0506. The van der Waals surface area contributed by atoms with Gasteiger partial charge in [0.15, 0.2) is 0 Å². The van der Waals surface area contributed by atoms with E-state index >= 15 is 0 Å². The lowest BCUT2D eigenvalue weighted by Crippen LogP contribution is -2.38. The van der Waals surface area contributed by atoms with Gasteiger partial charge in [-0.25, -0.2) is 0 Å². The quantitative estimate of drug-likeness (QED) is 0.928. The summed E-state index contributed by atoms with van der Waals surface area (Å²) in [6.45, 7) is 7.64. The van der Waals surface area contributed by atoms with E-state index in [4.69, 9.17) is 9.15 Å². The minimum Gasteiger partial charge on any atom is -0.459 e. The Labute approximate surface area is 137 Å². The summed E-state index contributed by atoms with van der Waals surface area (Å²) in [7, 11) is 0. The molecule has 1 unspecified atom stereocenters. The molecule has 0 radical (unpaired) electrons. The van der Waals surface area contributed by atoms with E-state index in [1.807, 2.05) is 18.2 Å². The van der Waals surface area contributed by atoms with Crippen molar-refractivity contribution in [3.8, 4) is 0 Å². The standard InChI is InChI=1S/C19H25NO3/c1-12(2)17(20-19(21)14-8-10-22-11-9-14)18-13(3)15-6-4-5-7-16(15)23-18/h4-7,12,14,17H,8-11H2,1-3H3,(H,20,21). The summed E-state index contributed by atoms with van der Waals surface area (Å²) >= 11 is 0. The molecular weight excluding hydrogens is 290 g/mol. The Balaban J connectivity index is 1.85. The molecule has 1 aromatic heterocycles. The van der Waals surface area contributed by atoms with E-state index in [0.717, 1.165) is 35.1 Å². The van der Waals surface area contributed by atoms with Gasteiger partial charge < -0.3 is 14.5 Å². The number of furan rings is 1. The van der Waals surface area contributed by atoms with E-state index in [1.165, 1.54) is 0 Å². The number of amides is 1. The first kappa shape index (κ1) is 16.1. The predicted molar refractivity (Wildman–Crippen MR) is 90.2 cm³/mol. The smallest absolute Gasteiger partial charge is 0.223 e. The van der Waals surface area contributed by atoms with Crippen LogP contribution in [0.3, 0.4) is 0 Å². The molecule has 2 heterocycles. The Morgan fingerprint density at radius 3 is 2.57 bits per heavy atom. The summed E-state index contributed by atoms with van der Waals surface area (Å²) in [4.78, 5) is 12.6. The van der Waals surface area contributed by atoms with Gasteiger partial charge in [-0.3, -0.25) is 4.79 Å². The lowest BCUT2D eigenvalue weighted by molar-refractivity contribution is -0.129. The predicted octanol–water partition coefficient (Wildman–Crippen LogP) is 3.98. The third-order valence-corrected chi connectivity index (χ3v) is 4.72. The number of carbonyl (C=O) groups is 1. The topological polar surface area (TPSA) is 51.5 Å². The number of carbonyl (C=O) groups excluding carboxylic acids is 1. The molecule has 124 valence electrons. The number of para-hydroxylation sites is 1. The van der Waals surface area contributed by atoms with Crippen molar-refractivity contribution in [3.05, 3.63) is 35.6 Å². The molecule has 0 bridgehead atoms. The summed E-state index contributed by atoms with van der Waals surface area (Å²) in [6, 6.07) is 7.93. The van der Waals surface area contributed by atoms with Crippen molar-refractivity contribution >= 4 is 16.9 Å². The molecule has 4 nitrogen and oxygen atoms in total. The lowest BCUT2D eigenvalue weighted by Gasteiger charge is -2.26. The van der Waals surface area contributed by atoms with E-state index < -0.39 is 0 Å². The molecule has 3 rings (SSSR count). The Bertz CT molecular complexity index is 683. The fourth-order valence-electron chi connectivity index (χ4n) is 3.26. The van der Waals surface area contributed by atoms with Crippen molar-refractivity contribution < 1.29 is 13.9 Å². The Hall–Kier alpha value is -1.81. The number of hydrogen-bond donors (Lipinski definition) is 1. The molecule has 1 aromatic carbocycles. The van der Waals surface area contributed by atoms with Crippen molar-refractivity contribution in [2.75, 3.05) is 13.2 Å². The van der Waals surface area contributed by atoms with E-state index in [9.17, 15) is 4.79 Å². The maximum Gasteiger partial charge on any atom is 0.223 e. The van der Waals surface area contributed by atoms with Crippen molar-refractivity contribution in [2.24, 2.45) is 11.8 Å². The van der Waals surface area contributed by atoms with Crippen LogP contribution in [-0.2, 0) is 9.53 Å². The lowest BCUT2D eigenvalue weighted by atomic mass is 9.95. The van der Waals surface area contributed by atoms with Gasteiger partial charge in [0, 0.05) is 30.1 Å². The van der Waals surface area contributed by atoms with Crippen LogP contribution in [0.15, 0.2) is 28.7 Å². The van der Waals surface area contributed by atoms with Crippen LogP contribution >= 0.6 is 0 Å². The van der Waals surface area contributed by atoms with E-state index in [-0.39, 0.29) is 23.8 Å². The Kier molecular flexibility index (Phi) is 4.71. The van der Waals surface area contributed by atoms with E-state index in [0.29, 0.717) is 13.2 Å². The number of benzene rings is 1. The van der Waals surface area contributed by atoms with Crippen LogP contribution in [0.25, 0.3) is 11.0 Å². The zero-order valence-electron chi connectivity index (χ0n) is 14.1. The Morgan fingerprint density at radius 1 is 1.22 bits per heavy atom. The van der Waals surface area contributed by atoms with E-state index in [2.05, 4.69) is 32.2 Å². The molecule has 23 heavy (non-hydrogen) atoms. The number of ether oxygens (including phenoxy) is 1. The molecule has 0 aliphatic carbocycles. The normalized spacial score (nSPS) is 17.6. The third kappa shape index (κ3) is 3.27. The average molecular weight is 315 g/mol. The summed E-state index contributed by atoms with van der Waals surface area (Å²) < 4.78 is 11.4. The molecule has 1 amide bonds. The number of nitrogens with one attached hydrogen (secondary N) is 1. The average Bonchev–Trinajstić information content (AvgIpc) is 2.90. The van der Waals surface area contributed by atoms with Gasteiger partial charge in [0.1, 0.15) is 11.3 Å². The molecule has 1 saturated heterocycles. The molecule has 1 aliphatic heterocycles. The summed E-state index contributed by atoms with van der Waals surface area (Å²) in [6.07, 6.45) is 1.60. The van der Waals surface area contributed by atoms with Gasteiger partial charge in [-0.1, -0.05) is 32.0 Å². The van der Waals surface area contributed by atoms with Gasteiger partial charge in [-0.2, -0.15) is 0 Å². The van der Waals surface area contributed by atoms with Crippen LogP contribution in [0.1, 0.15) is 44.1 Å². The zero-order chi connectivity index (χ0) is 16.4. The minimum atomic E-state index is -0.0993. The largest absolute Gasteiger partial charge is 0.459 e. The molecule has 2 aromatic rings. The number of rotatable bonds is 4. The first-order valence-corrected chi connectivity index (χ1v) is 8.44. The van der Waals surface area contributed by atoms with E-state index in [1.54, 1.807) is 0 Å². The summed E-state index contributed by atoms with van der Waals surface area (Å²) in [5, 5.41) is 4.33. The second-order valence-electron chi connectivity index (χ2n) is 6.70. The number of hydrogen-bond acceptors (Lipinski definition) is 3. The maximum absolute atomic E-state index is 12.6. The highest BCUT2D eigenvalue weighted by molar-refractivity contribution is 5.83. The SMILES string of the molecule is Cc1c(C(NC(=O)C2CCOCC2)C(C)C)oc2ccccc12. The van der Waals surface area contributed by atoms with Crippen molar-refractivity contribution in [3.63, 3.8) is 0 Å². The maximum atomic E-state index is 12.6. The number of aryl methyl sites for hydroxylation is 1. The third-order valence-electron chi connectivity index (χ3n) is 4.72. The summed E-state index contributed by atoms with van der Waals surface area (Å²) in [5.74, 6) is 1.31. The van der Waals surface area contributed by atoms with Crippen LogP contribution in [-0.4, -0.2) is 19.1 Å². The molecule has 4 heteroatoms. The van der Waals surface area contributed by atoms with Crippen LogP contribution in [0, 0.1) is 18.8 Å². The zero-order valence-corrected chi connectivity index (χ0v) is 14.1. The van der Waals surface area contributed by atoms with Crippen LogP contribution in [0.5, 0.6) is 0 Å². The van der Waals surface area contributed by atoms with Crippen molar-refractivity contribution in [1.82, 2.24) is 5.32 Å². The van der Waals surface area contributed by atoms with Crippen LogP contribution < -0.4 is 5.32 Å². The van der Waals surface area contributed by atoms with Gasteiger partial charge in [0.05, 0.1) is 6.04 Å². The number of fused-ring (bicyclic) bond motifs is 1. The molecule has 0 saturated carbocycles. The molecule has 1 fully saturated rings. The molecular formula is C19H25NO3. The second kappa shape index (κ2) is 6.75. The fraction of sp³-hybridized carbons (Fsp3) is 0.526. The van der Waals surface area contributed by atoms with Gasteiger partial charge in [0.25, 0.3) is 0 Å². The van der Waals surface area contributed by atoms with Gasteiger partial charge in [-0.05, 0) is 31.7 Å². The fourth-order valence-corrected chi connectivity index (χ4v) is 3.26. The van der Waals surface area contributed by atoms with Crippen LogP contribution in [0.2, 0.25) is 0 Å². The molecule has 1 atom stereocenters. The molecule has 1 N–H and O–H groups in total. The van der Waals surface area contributed by atoms with Crippen LogP contribution in [0.4, 0.5) is 0 Å². The highest BCUT2D eigenvalue weighted by Crippen LogP contribution is 2.33. The van der Waals surface area contributed by atoms with Crippen molar-refractivity contribution in [2.45, 2.75) is 39.7 Å². The second-order valence-corrected chi connectivity index (χ2v) is 6.70. The van der Waals surface area contributed by atoms with Gasteiger partial charge >= 0.3 is 0 Å². The first-order valence-electron chi connectivity index (χ1n) is 8.44. The van der Waals surface area contributed by atoms with Gasteiger partial charge in [0.2, 0.25) is 5.91 Å². The van der Waals surface area contributed by atoms with Gasteiger partial charge in [-0.15, -0.1) is 0 Å². The van der Waals surface area contributed by atoms with Crippen molar-refractivity contribution in [1.29, 1.82) is 0 Å². The Morgan fingerprint density at radius 2 is 1.91 bits per heavy atom. The molecule has 0 spiro atoms. The summed E-state index contributed by atoms with van der Waals surface area (Å²) in [5.41, 5.74) is 2.00. The first-order chi connectivity index (χ1) is 11.1.